The first-order chi connectivity index (χ1) is 18.4. The molecule has 1 fully saturated rings. The van der Waals surface area contributed by atoms with E-state index in [1.54, 1.807) is 30.9 Å². The standard InChI is InChI=1S/C27H32F3N5O3S/c1-15-18(6-5-7-20(15)27(28,29)30)16(2)32-24-19-14-21(39-22(19)17(3)33-34-24)23(37)26(4)8-11-35(12-9-26)25(38)31-10-13-36/h5-7,14,16,36H,8-13H2,1-4H3,(H,31,38)(H,32,34)/t16-/m1/s1. The van der Waals surface area contributed by atoms with Crippen LogP contribution in [-0.2, 0) is 6.18 Å². The molecule has 3 aromatic rings. The summed E-state index contributed by atoms with van der Waals surface area (Å²) in [4.78, 5) is 28.1. The van der Waals surface area contributed by atoms with Gasteiger partial charge < -0.3 is 20.6 Å². The largest absolute Gasteiger partial charge is 0.416 e. The zero-order valence-electron chi connectivity index (χ0n) is 22.3. The quantitative estimate of drug-likeness (QED) is 0.329. The summed E-state index contributed by atoms with van der Waals surface area (Å²) < 4.78 is 41.1. The average Bonchev–Trinajstić information content (AvgIpc) is 3.35. The molecule has 0 saturated carbocycles. The molecule has 0 bridgehead atoms. The second kappa shape index (κ2) is 11.1. The molecule has 1 atom stereocenters. The summed E-state index contributed by atoms with van der Waals surface area (Å²) in [5, 5.41) is 24.0. The number of alkyl halides is 3. The first-order valence-electron chi connectivity index (χ1n) is 12.7. The van der Waals surface area contributed by atoms with Crippen molar-refractivity contribution in [2.24, 2.45) is 5.41 Å². The topological polar surface area (TPSA) is 107 Å². The number of likely N-dealkylation sites (tertiary alicyclic amines) is 1. The molecule has 0 radical (unpaired) electrons. The second-order valence-corrected chi connectivity index (χ2v) is 11.3. The molecule has 0 aliphatic carbocycles. The highest BCUT2D eigenvalue weighted by atomic mass is 32.1. The van der Waals surface area contributed by atoms with Crippen LogP contribution in [-0.4, -0.2) is 58.3 Å². The molecule has 1 aliphatic rings. The van der Waals surface area contributed by atoms with Gasteiger partial charge in [0.05, 0.1) is 33.5 Å². The average molecular weight is 564 g/mol. The first-order valence-corrected chi connectivity index (χ1v) is 13.6. The number of carbonyl (C=O) groups is 2. The second-order valence-electron chi connectivity index (χ2n) is 10.2. The van der Waals surface area contributed by atoms with Crippen LogP contribution in [0.3, 0.4) is 0 Å². The van der Waals surface area contributed by atoms with Crippen molar-refractivity contribution < 1.29 is 27.9 Å². The number of ketones is 1. The summed E-state index contributed by atoms with van der Waals surface area (Å²) >= 11 is 1.33. The fourth-order valence-electron chi connectivity index (χ4n) is 4.99. The number of halogens is 3. The van der Waals surface area contributed by atoms with E-state index >= 15 is 0 Å². The third kappa shape index (κ3) is 5.86. The summed E-state index contributed by atoms with van der Waals surface area (Å²) in [6, 6.07) is 5.15. The summed E-state index contributed by atoms with van der Waals surface area (Å²) in [7, 11) is 0. The van der Waals surface area contributed by atoms with Crippen LogP contribution in [0, 0.1) is 19.3 Å². The number of hydrogen-bond donors (Lipinski definition) is 3. The Morgan fingerprint density at radius 2 is 1.90 bits per heavy atom. The number of aliphatic hydroxyl groups is 1. The number of amides is 2. The Hall–Kier alpha value is -3.25. The lowest BCUT2D eigenvalue weighted by atomic mass is 9.76. The predicted molar refractivity (Wildman–Crippen MR) is 144 cm³/mol. The summed E-state index contributed by atoms with van der Waals surface area (Å²) in [6.07, 6.45) is -3.45. The van der Waals surface area contributed by atoms with Crippen molar-refractivity contribution in [2.45, 2.75) is 52.8 Å². The van der Waals surface area contributed by atoms with Gasteiger partial charge in [-0.3, -0.25) is 4.79 Å². The first kappa shape index (κ1) is 28.8. The highest BCUT2D eigenvalue weighted by Crippen LogP contribution is 2.40. The maximum Gasteiger partial charge on any atom is 0.416 e. The fourth-order valence-corrected chi connectivity index (χ4v) is 6.18. The molecule has 3 heterocycles. The van der Waals surface area contributed by atoms with Crippen LogP contribution >= 0.6 is 11.3 Å². The molecule has 4 rings (SSSR count). The fraction of sp³-hybridized carbons (Fsp3) is 0.481. The van der Waals surface area contributed by atoms with Crippen molar-refractivity contribution in [2.75, 3.05) is 31.6 Å². The number of aryl methyl sites for hydroxylation is 1. The molecule has 12 heteroatoms. The van der Waals surface area contributed by atoms with Crippen molar-refractivity contribution in [3.05, 3.63) is 51.5 Å². The van der Waals surface area contributed by atoms with E-state index in [4.69, 9.17) is 5.11 Å². The lowest BCUT2D eigenvalue weighted by Crippen LogP contribution is -2.49. The van der Waals surface area contributed by atoms with Crippen molar-refractivity contribution in [3.63, 3.8) is 0 Å². The van der Waals surface area contributed by atoms with Gasteiger partial charge in [-0.2, -0.15) is 18.3 Å². The van der Waals surface area contributed by atoms with Gasteiger partial charge in [-0.1, -0.05) is 19.1 Å². The van der Waals surface area contributed by atoms with Crippen LogP contribution in [0.5, 0.6) is 0 Å². The van der Waals surface area contributed by atoms with Crippen molar-refractivity contribution in [1.82, 2.24) is 20.4 Å². The number of carbonyl (C=O) groups excluding carboxylic acids is 2. The van der Waals surface area contributed by atoms with Crippen LogP contribution in [0.1, 0.15) is 64.8 Å². The van der Waals surface area contributed by atoms with Crippen molar-refractivity contribution in [3.8, 4) is 0 Å². The maximum absolute atomic E-state index is 13.7. The van der Waals surface area contributed by atoms with Crippen LogP contribution in [0.25, 0.3) is 10.1 Å². The number of rotatable bonds is 7. The molecule has 39 heavy (non-hydrogen) atoms. The number of Topliss-reactive ketones (excluding diaryl/α,β-unsaturated/α-hetero) is 1. The minimum absolute atomic E-state index is 0.0220. The van der Waals surface area contributed by atoms with E-state index in [9.17, 15) is 22.8 Å². The number of urea groups is 1. The lowest BCUT2D eigenvalue weighted by Gasteiger charge is -2.38. The lowest BCUT2D eigenvalue weighted by molar-refractivity contribution is -0.138. The van der Waals surface area contributed by atoms with E-state index in [0.717, 1.165) is 10.8 Å². The van der Waals surface area contributed by atoms with E-state index in [1.807, 2.05) is 6.92 Å². The monoisotopic (exact) mass is 563 g/mol. The summed E-state index contributed by atoms with van der Waals surface area (Å²) in [5.74, 6) is 0.377. The highest BCUT2D eigenvalue weighted by Gasteiger charge is 2.39. The molecular formula is C27H32F3N5O3S. The summed E-state index contributed by atoms with van der Waals surface area (Å²) in [6.45, 7) is 7.81. The Labute approximate surface area is 228 Å². The number of piperidine rings is 1. The molecule has 8 nitrogen and oxygen atoms in total. The molecule has 1 saturated heterocycles. The normalized spacial score (nSPS) is 16.3. The maximum atomic E-state index is 13.7. The van der Waals surface area contributed by atoms with Crippen molar-refractivity contribution >= 4 is 39.1 Å². The minimum Gasteiger partial charge on any atom is -0.395 e. The third-order valence-electron chi connectivity index (χ3n) is 7.43. The SMILES string of the molecule is Cc1c([C@@H](C)Nc2nnc(C)c3sc(C(=O)C4(C)CCN(C(=O)NCCO)CC4)cc23)cccc1C(F)(F)F. The van der Waals surface area contributed by atoms with Crippen LogP contribution in [0.15, 0.2) is 24.3 Å². The van der Waals surface area contributed by atoms with Gasteiger partial charge in [0, 0.05) is 30.4 Å². The molecular weight excluding hydrogens is 531 g/mol. The molecule has 2 amide bonds. The molecule has 2 aromatic heterocycles. The molecule has 1 aromatic carbocycles. The number of aliphatic hydroxyl groups excluding tert-OH is 1. The van der Waals surface area contributed by atoms with Gasteiger partial charge in [0.15, 0.2) is 11.6 Å². The van der Waals surface area contributed by atoms with Gasteiger partial charge >= 0.3 is 12.2 Å². The number of benzene rings is 1. The zero-order valence-corrected chi connectivity index (χ0v) is 23.1. The number of nitrogens with one attached hydrogen (secondary N) is 2. The van der Waals surface area contributed by atoms with Gasteiger partial charge in [0.1, 0.15) is 0 Å². The summed E-state index contributed by atoms with van der Waals surface area (Å²) in [5.41, 5.74) is -0.0363. The zero-order chi connectivity index (χ0) is 28.5. The Morgan fingerprint density at radius 1 is 1.21 bits per heavy atom. The Bertz CT molecular complexity index is 1380. The van der Waals surface area contributed by atoms with Gasteiger partial charge in [0.25, 0.3) is 0 Å². The van der Waals surface area contributed by atoms with E-state index in [1.165, 1.54) is 24.3 Å². The van der Waals surface area contributed by atoms with Crippen LogP contribution in [0.4, 0.5) is 23.8 Å². The van der Waals surface area contributed by atoms with E-state index < -0.39 is 23.2 Å². The Kier molecular flexibility index (Phi) is 8.17. The molecule has 0 unspecified atom stereocenters. The Morgan fingerprint density at radius 3 is 2.54 bits per heavy atom. The Balaban J connectivity index is 1.57. The number of hydrogen-bond acceptors (Lipinski definition) is 7. The highest BCUT2D eigenvalue weighted by molar-refractivity contribution is 7.21. The van der Waals surface area contributed by atoms with E-state index in [-0.39, 0.29) is 30.5 Å². The molecule has 210 valence electrons. The minimum atomic E-state index is -4.45. The molecule has 0 spiro atoms. The number of thiophene rings is 1. The number of nitrogens with zero attached hydrogens (tertiary/aromatic N) is 3. The number of fused-ring (bicyclic) bond motifs is 1. The third-order valence-corrected chi connectivity index (χ3v) is 8.67. The number of anilines is 1. The smallest absolute Gasteiger partial charge is 0.395 e. The number of aromatic nitrogens is 2. The van der Waals surface area contributed by atoms with Crippen molar-refractivity contribution in [1.29, 1.82) is 0 Å². The van der Waals surface area contributed by atoms with Crippen LogP contribution < -0.4 is 10.6 Å². The molecule has 3 N–H and O–H groups in total. The van der Waals surface area contributed by atoms with E-state index in [0.29, 0.717) is 53.3 Å². The molecule has 1 aliphatic heterocycles. The van der Waals surface area contributed by atoms with E-state index in [2.05, 4.69) is 20.8 Å². The van der Waals surface area contributed by atoms with Crippen LogP contribution in [0.2, 0.25) is 0 Å². The van der Waals surface area contributed by atoms with Gasteiger partial charge in [-0.15, -0.1) is 16.4 Å². The van der Waals surface area contributed by atoms with Gasteiger partial charge in [0.2, 0.25) is 0 Å². The predicted octanol–water partition coefficient (Wildman–Crippen LogP) is 5.49. The van der Waals surface area contributed by atoms with Gasteiger partial charge in [-0.05, 0) is 56.9 Å². The van der Waals surface area contributed by atoms with Gasteiger partial charge in [-0.25, -0.2) is 4.79 Å².